The summed E-state index contributed by atoms with van der Waals surface area (Å²) in [5.41, 5.74) is 0. The summed E-state index contributed by atoms with van der Waals surface area (Å²) in [6.45, 7) is 4.46. The summed E-state index contributed by atoms with van der Waals surface area (Å²) >= 11 is 0. The molecule has 0 atom stereocenters. The molecule has 0 aliphatic carbocycles. The van der Waals surface area contributed by atoms with Crippen LogP contribution in [0.5, 0.6) is 0 Å². The molecule has 0 bridgehead atoms. The average molecular weight is 207 g/mol. The predicted molar refractivity (Wildman–Crippen MR) is 55.0 cm³/mol. The van der Waals surface area contributed by atoms with Gasteiger partial charge >= 0.3 is 0 Å². The molecule has 80 valence electrons. The Labute approximate surface area is 89.0 Å². The van der Waals surface area contributed by atoms with Gasteiger partial charge in [0.1, 0.15) is 0 Å². The zero-order chi connectivity index (χ0) is 9.45. The van der Waals surface area contributed by atoms with Crippen molar-refractivity contribution in [3.05, 3.63) is 12.3 Å². The number of hydrogen-bond donors (Lipinski definition) is 1. The summed E-state index contributed by atoms with van der Waals surface area (Å²) in [5, 5.41) is 3.27. The van der Waals surface area contributed by atoms with Crippen molar-refractivity contribution in [2.75, 3.05) is 34.2 Å². The van der Waals surface area contributed by atoms with E-state index >= 15 is 0 Å². The Kier molecular flexibility index (Phi) is 9.86. The number of rotatable bonds is 6. The van der Waals surface area contributed by atoms with Crippen LogP contribution >= 0.6 is 0 Å². The minimum Gasteiger partial charge on any atom is -1.00 e. The summed E-state index contributed by atoms with van der Waals surface area (Å²) in [7, 11) is 6.67. The molecular weight excluding hydrogens is 184 g/mol. The molecule has 13 heavy (non-hydrogen) atoms. The molecule has 0 spiro atoms. The standard InChI is InChI=1S/C10H23N2.ClH/c1-5-6-8-11-9-7-10-12(2,3)4;/h6,8,11H,5,7,9-10H2,1-4H3;1H/q+1;/p-1. The number of allylic oxidation sites excluding steroid dienone is 1. The van der Waals surface area contributed by atoms with Crippen LogP contribution in [0.25, 0.3) is 0 Å². The molecule has 3 heteroatoms. The lowest BCUT2D eigenvalue weighted by molar-refractivity contribution is -0.870. The van der Waals surface area contributed by atoms with Gasteiger partial charge in [-0.25, -0.2) is 0 Å². The van der Waals surface area contributed by atoms with Crippen molar-refractivity contribution in [3.8, 4) is 0 Å². The number of halogens is 1. The second-order valence-corrected chi connectivity index (χ2v) is 4.13. The maximum Gasteiger partial charge on any atom is 0.0797 e. The van der Waals surface area contributed by atoms with Crippen LogP contribution in [0, 0.1) is 0 Å². The molecule has 1 N–H and O–H groups in total. The number of nitrogens with zero attached hydrogens (tertiary/aromatic N) is 1. The molecule has 0 amide bonds. The fraction of sp³-hybridized carbons (Fsp3) is 0.800. The normalized spacial score (nSPS) is 11.4. The van der Waals surface area contributed by atoms with Crippen LogP contribution in [-0.2, 0) is 0 Å². The lowest BCUT2D eigenvalue weighted by atomic mass is 10.3. The first-order chi connectivity index (χ1) is 5.56. The van der Waals surface area contributed by atoms with E-state index in [1.165, 1.54) is 13.0 Å². The molecule has 0 radical (unpaired) electrons. The molecule has 0 aromatic carbocycles. The first kappa shape index (κ1) is 15.3. The molecule has 0 unspecified atom stereocenters. The van der Waals surface area contributed by atoms with Crippen molar-refractivity contribution in [1.82, 2.24) is 5.32 Å². The van der Waals surface area contributed by atoms with Gasteiger partial charge in [-0.2, -0.15) is 0 Å². The Hall–Kier alpha value is -0.210. The second kappa shape index (κ2) is 8.39. The Morgan fingerprint density at radius 3 is 2.31 bits per heavy atom. The summed E-state index contributed by atoms with van der Waals surface area (Å²) in [4.78, 5) is 0. The Morgan fingerprint density at radius 1 is 1.23 bits per heavy atom. The van der Waals surface area contributed by atoms with E-state index in [0.29, 0.717) is 0 Å². The van der Waals surface area contributed by atoms with E-state index in [1.807, 2.05) is 0 Å². The fourth-order valence-corrected chi connectivity index (χ4v) is 0.940. The molecule has 0 aromatic heterocycles. The maximum atomic E-state index is 3.27. The molecule has 0 saturated heterocycles. The predicted octanol–water partition coefficient (Wildman–Crippen LogP) is -1.40. The van der Waals surface area contributed by atoms with Gasteiger partial charge in [-0.15, -0.1) is 0 Å². The minimum absolute atomic E-state index is 0. The average Bonchev–Trinajstić information content (AvgIpc) is 1.94. The molecule has 0 rings (SSSR count). The van der Waals surface area contributed by atoms with Gasteiger partial charge in [0.2, 0.25) is 0 Å². The summed E-state index contributed by atoms with van der Waals surface area (Å²) in [6.07, 6.45) is 6.54. The third-order valence-corrected chi connectivity index (χ3v) is 1.62. The van der Waals surface area contributed by atoms with E-state index in [9.17, 15) is 0 Å². The van der Waals surface area contributed by atoms with Crippen LogP contribution in [-0.4, -0.2) is 38.7 Å². The molecular formula is C10H23ClN2. The third-order valence-electron chi connectivity index (χ3n) is 1.62. The third kappa shape index (κ3) is 14.6. The molecule has 0 aliphatic heterocycles. The zero-order valence-electron chi connectivity index (χ0n) is 9.31. The van der Waals surface area contributed by atoms with Crippen molar-refractivity contribution in [3.63, 3.8) is 0 Å². The van der Waals surface area contributed by atoms with Gasteiger partial charge in [0, 0.05) is 13.0 Å². The van der Waals surface area contributed by atoms with Crippen LogP contribution in [0.4, 0.5) is 0 Å². The van der Waals surface area contributed by atoms with Crippen LogP contribution in [0.3, 0.4) is 0 Å². The zero-order valence-corrected chi connectivity index (χ0v) is 10.1. The van der Waals surface area contributed by atoms with Crippen molar-refractivity contribution in [1.29, 1.82) is 0 Å². The highest BCUT2D eigenvalue weighted by molar-refractivity contribution is 4.77. The van der Waals surface area contributed by atoms with Crippen molar-refractivity contribution >= 4 is 0 Å². The summed E-state index contributed by atoms with van der Waals surface area (Å²) in [6, 6.07) is 0. The molecule has 0 saturated carbocycles. The molecule has 0 aliphatic rings. The van der Waals surface area contributed by atoms with E-state index in [0.717, 1.165) is 17.4 Å². The Balaban J connectivity index is 0. The number of nitrogens with one attached hydrogen (secondary N) is 1. The summed E-state index contributed by atoms with van der Waals surface area (Å²) < 4.78 is 1.05. The van der Waals surface area contributed by atoms with Gasteiger partial charge in [0.25, 0.3) is 0 Å². The Morgan fingerprint density at radius 2 is 1.85 bits per heavy atom. The molecule has 2 nitrogen and oxygen atoms in total. The lowest BCUT2D eigenvalue weighted by Crippen LogP contribution is -3.00. The van der Waals surface area contributed by atoms with Gasteiger partial charge in [-0.1, -0.05) is 13.0 Å². The lowest BCUT2D eigenvalue weighted by Gasteiger charge is -2.23. The van der Waals surface area contributed by atoms with Gasteiger partial charge in [0.05, 0.1) is 27.7 Å². The van der Waals surface area contributed by atoms with E-state index in [2.05, 4.69) is 45.7 Å². The van der Waals surface area contributed by atoms with Gasteiger partial charge in [0.15, 0.2) is 0 Å². The van der Waals surface area contributed by atoms with Gasteiger partial charge < -0.3 is 22.2 Å². The second-order valence-electron chi connectivity index (χ2n) is 4.13. The van der Waals surface area contributed by atoms with Gasteiger partial charge in [-0.05, 0) is 12.6 Å². The van der Waals surface area contributed by atoms with Crippen molar-refractivity contribution < 1.29 is 16.9 Å². The van der Waals surface area contributed by atoms with Crippen LogP contribution in [0.2, 0.25) is 0 Å². The topological polar surface area (TPSA) is 12.0 Å². The molecule has 0 heterocycles. The van der Waals surface area contributed by atoms with Gasteiger partial charge in [-0.3, -0.25) is 0 Å². The van der Waals surface area contributed by atoms with E-state index < -0.39 is 0 Å². The van der Waals surface area contributed by atoms with Crippen molar-refractivity contribution in [2.24, 2.45) is 0 Å². The smallest absolute Gasteiger partial charge is 0.0797 e. The number of hydrogen-bond acceptors (Lipinski definition) is 1. The number of quaternary nitrogens is 1. The first-order valence-electron chi connectivity index (χ1n) is 4.75. The van der Waals surface area contributed by atoms with Crippen LogP contribution < -0.4 is 17.7 Å². The highest BCUT2D eigenvalue weighted by Gasteiger charge is 2.04. The highest BCUT2D eigenvalue weighted by atomic mass is 35.5. The van der Waals surface area contributed by atoms with E-state index in [-0.39, 0.29) is 12.4 Å². The maximum absolute atomic E-state index is 3.27. The Bertz CT molecular complexity index is 127. The summed E-state index contributed by atoms with van der Waals surface area (Å²) in [5.74, 6) is 0. The van der Waals surface area contributed by atoms with Crippen molar-refractivity contribution in [2.45, 2.75) is 19.8 Å². The van der Waals surface area contributed by atoms with Crippen LogP contribution in [0.15, 0.2) is 12.3 Å². The van der Waals surface area contributed by atoms with E-state index in [1.54, 1.807) is 0 Å². The molecule has 0 aromatic rings. The SMILES string of the molecule is CCC=CNCCC[N+](C)(C)C.[Cl-]. The fourth-order valence-electron chi connectivity index (χ4n) is 0.940. The molecule has 0 fully saturated rings. The highest BCUT2D eigenvalue weighted by Crippen LogP contribution is 1.91. The minimum atomic E-state index is 0. The van der Waals surface area contributed by atoms with E-state index in [4.69, 9.17) is 0 Å². The monoisotopic (exact) mass is 206 g/mol. The first-order valence-corrected chi connectivity index (χ1v) is 4.75. The van der Waals surface area contributed by atoms with Crippen LogP contribution in [0.1, 0.15) is 19.8 Å². The quantitative estimate of drug-likeness (QED) is 0.417. The largest absolute Gasteiger partial charge is 1.00 e.